The Bertz CT molecular complexity index is 1140. The van der Waals surface area contributed by atoms with Crippen molar-refractivity contribution in [3.8, 4) is 22.9 Å². The Kier molecular flexibility index (Phi) is 6.41. The number of rotatable bonds is 7. The number of phenolic OH excluding ortho intramolecular Hbond substituents is 1. The standard InChI is InChI=1S/C24H26N4O3S/c1-4-5-13-28-15(2)20(23-26-22(27-31-23)16-9-7-6-8-10-16)21(25-24(28)32)17-11-12-19(30-3)18(29)14-17/h6-12,14,21,29H,4-5,13H2,1-3H3,(H,25,32). The van der Waals surface area contributed by atoms with Crippen LogP contribution in [0.15, 0.2) is 58.8 Å². The molecule has 0 fully saturated rings. The zero-order valence-electron chi connectivity index (χ0n) is 18.3. The van der Waals surface area contributed by atoms with Crippen LogP contribution in [0.1, 0.15) is 44.2 Å². The average Bonchev–Trinajstić information content (AvgIpc) is 3.29. The van der Waals surface area contributed by atoms with Gasteiger partial charge in [-0.15, -0.1) is 0 Å². The fourth-order valence-electron chi connectivity index (χ4n) is 3.82. The van der Waals surface area contributed by atoms with Crippen molar-refractivity contribution in [2.75, 3.05) is 13.7 Å². The third-order valence-corrected chi connectivity index (χ3v) is 5.89. The van der Waals surface area contributed by atoms with E-state index in [2.05, 4.69) is 22.3 Å². The summed E-state index contributed by atoms with van der Waals surface area (Å²) in [6, 6.07) is 14.6. The molecule has 0 bridgehead atoms. The molecular weight excluding hydrogens is 424 g/mol. The smallest absolute Gasteiger partial charge is 0.258 e. The van der Waals surface area contributed by atoms with E-state index in [1.807, 2.05) is 43.3 Å². The summed E-state index contributed by atoms with van der Waals surface area (Å²) < 4.78 is 10.9. The van der Waals surface area contributed by atoms with Gasteiger partial charge in [-0.2, -0.15) is 4.98 Å². The highest BCUT2D eigenvalue weighted by Gasteiger charge is 2.34. The lowest BCUT2D eigenvalue weighted by Crippen LogP contribution is -2.46. The number of aromatic hydroxyl groups is 1. The molecule has 0 aliphatic carbocycles. The first kappa shape index (κ1) is 21.8. The van der Waals surface area contributed by atoms with Gasteiger partial charge in [0.2, 0.25) is 5.82 Å². The summed E-state index contributed by atoms with van der Waals surface area (Å²) in [5, 5.41) is 18.6. The summed E-state index contributed by atoms with van der Waals surface area (Å²) in [4.78, 5) is 6.76. The number of hydrogen-bond acceptors (Lipinski definition) is 6. The van der Waals surface area contributed by atoms with Crippen LogP contribution in [0, 0.1) is 0 Å². The Morgan fingerprint density at radius 3 is 2.69 bits per heavy atom. The van der Waals surface area contributed by atoms with Gasteiger partial charge in [0.15, 0.2) is 16.6 Å². The molecule has 4 rings (SSSR count). The number of hydrogen-bond donors (Lipinski definition) is 2. The normalized spacial score (nSPS) is 16.3. The van der Waals surface area contributed by atoms with Gasteiger partial charge in [0, 0.05) is 17.8 Å². The van der Waals surface area contributed by atoms with Crippen LogP contribution in [0.3, 0.4) is 0 Å². The van der Waals surface area contributed by atoms with Crippen molar-refractivity contribution in [1.82, 2.24) is 20.4 Å². The SMILES string of the molecule is CCCCN1C(=S)NC(c2ccc(OC)c(O)c2)C(c2nc(-c3ccccc3)no2)=C1C. The largest absolute Gasteiger partial charge is 0.504 e. The van der Waals surface area contributed by atoms with Gasteiger partial charge in [0.05, 0.1) is 18.7 Å². The van der Waals surface area contributed by atoms with Crippen molar-refractivity contribution in [3.63, 3.8) is 0 Å². The van der Waals surface area contributed by atoms with Crippen molar-refractivity contribution in [2.45, 2.75) is 32.7 Å². The van der Waals surface area contributed by atoms with E-state index in [1.165, 1.54) is 7.11 Å². The highest BCUT2D eigenvalue weighted by Crippen LogP contribution is 2.39. The summed E-state index contributed by atoms with van der Waals surface area (Å²) in [7, 11) is 1.52. The number of ether oxygens (including phenoxy) is 1. The zero-order chi connectivity index (χ0) is 22.7. The molecule has 0 radical (unpaired) electrons. The Hall–Kier alpha value is -3.39. The second kappa shape index (κ2) is 9.40. The average molecular weight is 451 g/mol. The highest BCUT2D eigenvalue weighted by molar-refractivity contribution is 7.80. The van der Waals surface area contributed by atoms with E-state index >= 15 is 0 Å². The van der Waals surface area contributed by atoms with Crippen molar-refractivity contribution >= 4 is 22.9 Å². The van der Waals surface area contributed by atoms with Crippen molar-refractivity contribution in [3.05, 3.63) is 65.7 Å². The molecule has 2 heterocycles. The van der Waals surface area contributed by atoms with Crippen molar-refractivity contribution in [2.24, 2.45) is 0 Å². The van der Waals surface area contributed by atoms with E-state index in [4.69, 9.17) is 26.5 Å². The fourth-order valence-corrected chi connectivity index (χ4v) is 4.16. The van der Waals surface area contributed by atoms with E-state index in [0.29, 0.717) is 22.6 Å². The number of nitrogens with zero attached hydrogens (tertiary/aromatic N) is 3. The van der Waals surface area contributed by atoms with E-state index in [0.717, 1.165) is 41.8 Å². The number of unbranched alkanes of at least 4 members (excludes halogenated alkanes) is 1. The van der Waals surface area contributed by atoms with Crippen LogP contribution >= 0.6 is 12.2 Å². The number of thiocarbonyl (C=S) groups is 1. The van der Waals surface area contributed by atoms with Crippen LogP contribution in [-0.2, 0) is 0 Å². The van der Waals surface area contributed by atoms with Crippen LogP contribution in [0.4, 0.5) is 0 Å². The molecule has 0 saturated heterocycles. The molecule has 2 N–H and O–H groups in total. The molecule has 1 aliphatic heterocycles. The van der Waals surface area contributed by atoms with Crippen molar-refractivity contribution in [1.29, 1.82) is 0 Å². The van der Waals surface area contributed by atoms with Gasteiger partial charge in [-0.1, -0.05) is 54.9 Å². The van der Waals surface area contributed by atoms with Gasteiger partial charge >= 0.3 is 0 Å². The first-order chi connectivity index (χ1) is 15.5. The molecule has 0 spiro atoms. The molecule has 0 saturated carbocycles. The molecule has 166 valence electrons. The first-order valence-corrected chi connectivity index (χ1v) is 11.0. The van der Waals surface area contributed by atoms with Gasteiger partial charge in [-0.3, -0.25) is 0 Å². The van der Waals surface area contributed by atoms with Gasteiger partial charge in [0.1, 0.15) is 0 Å². The molecule has 8 heteroatoms. The summed E-state index contributed by atoms with van der Waals surface area (Å²) in [5.41, 5.74) is 3.47. The Labute approximate surface area is 192 Å². The van der Waals surface area contributed by atoms with Crippen LogP contribution in [0.5, 0.6) is 11.5 Å². The second-order valence-electron chi connectivity index (χ2n) is 7.61. The third-order valence-electron chi connectivity index (χ3n) is 5.56. The lowest BCUT2D eigenvalue weighted by atomic mass is 9.94. The summed E-state index contributed by atoms with van der Waals surface area (Å²) in [5.74, 6) is 1.39. The summed E-state index contributed by atoms with van der Waals surface area (Å²) in [6.07, 6.45) is 2.05. The maximum atomic E-state index is 10.4. The lowest BCUT2D eigenvalue weighted by Gasteiger charge is -2.37. The number of methoxy groups -OCH3 is 1. The number of benzene rings is 2. The Balaban J connectivity index is 1.81. The molecule has 3 aromatic rings. The van der Waals surface area contributed by atoms with E-state index in [9.17, 15) is 5.11 Å². The summed E-state index contributed by atoms with van der Waals surface area (Å²) >= 11 is 5.69. The number of aromatic nitrogens is 2. The first-order valence-electron chi connectivity index (χ1n) is 10.6. The minimum atomic E-state index is -0.360. The van der Waals surface area contributed by atoms with E-state index in [-0.39, 0.29) is 11.8 Å². The van der Waals surface area contributed by atoms with Crippen LogP contribution < -0.4 is 10.1 Å². The lowest BCUT2D eigenvalue weighted by molar-refractivity contribution is 0.372. The number of phenols is 1. The molecular formula is C24H26N4O3S. The zero-order valence-corrected chi connectivity index (χ0v) is 19.1. The van der Waals surface area contributed by atoms with Crippen LogP contribution in [-0.4, -0.2) is 38.9 Å². The third kappa shape index (κ3) is 4.18. The minimum absolute atomic E-state index is 0.0543. The van der Waals surface area contributed by atoms with E-state index < -0.39 is 0 Å². The van der Waals surface area contributed by atoms with Gasteiger partial charge in [-0.05, 0) is 43.3 Å². The predicted molar refractivity (Wildman–Crippen MR) is 127 cm³/mol. The molecule has 1 unspecified atom stereocenters. The molecule has 32 heavy (non-hydrogen) atoms. The molecule has 7 nitrogen and oxygen atoms in total. The summed E-state index contributed by atoms with van der Waals surface area (Å²) in [6.45, 7) is 4.95. The maximum absolute atomic E-state index is 10.4. The highest BCUT2D eigenvalue weighted by atomic mass is 32.1. The monoisotopic (exact) mass is 450 g/mol. The topological polar surface area (TPSA) is 83.7 Å². The van der Waals surface area contributed by atoms with Crippen LogP contribution in [0.2, 0.25) is 0 Å². The maximum Gasteiger partial charge on any atom is 0.258 e. The fraction of sp³-hybridized carbons (Fsp3) is 0.292. The Morgan fingerprint density at radius 1 is 1.22 bits per heavy atom. The minimum Gasteiger partial charge on any atom is -0.504 e. The van der Waals surface area contributed by atoms with E-state index in [1.54, 1.807) is 12.1 Å². The number of nitrogens with one attached hydrogen (secondary N) is 1. The molecule has 2 aromatic carbocycles. The second-order valence-corrected chi connectivity index (χ2v) is 7.99. The predicted octanol–water partition coefficient (Wildman–Crippen LogP) is 4.91. The van der Waals surface area contributed by atoms with Gasteiger partial charge in [0.25, 0.3) is 5.89 Å². The Morgan fingerprint density at radius 2 is 2.00 bits per heavy atom. The van der Waals surface area contributed by atoms with Gasteiger partial charge in [-0.25, -0.2) is 0 Å². The number of allylic oxidation sites excluding steroid dienone is 1. The molecule has 0 amide bonds. The molecule has 1 aromatic heterocycles. The van der Waals surface area contributed by atoms with Gasteiger partial charge < -0.3 is 24.6 Å². The molecule has 1 atom stereocenters. The van der Waals surface area contributed by atoms with Crippen LogP contribution in [0.25, 0.3) is 17.0 Å². The molecule has 1 aliphatic rings. The quantitative estimate of drug-likeness (QED) is 0.491. The van der Waals surface area contributed by atoms with Crippen molar-refractivity contribution < 1.29 is 14.4 Å².